The topological polar surface area (TPSA) is 93.2 Å². The lowest BCUT2D eigenvalue weighted by atomic mass is 9.88. The zero-order valence-electron chi connectivity index (χ0n) is 26.3. The lowest BCUT2D eigenvalue weighted by molar-refractivity contribution is -0.161. The highest BCUT2D eigenvalue weighted by Gasteiger charge is 2.37. The molecular weight excluding hydrogens is 609 g/mol. The van der Waals surface area contributed by atoms with E-state index in [2.05, 4.69) is 10.3 Å². The Labute approximate surface area is 274 Å². The number of ether oxygens (including phenoxy) is 3. The molecule has 4 aromatic rings. The first-order chi connectivity index (χ1) is 22.0. The van der Waals surface area contributed by atoms with Crippen LogP contribution in [0.3, 0.4) is 0 Å². The van der Waals surface area contributed by atoms with E-state index in [1.54, 1.807) is 43.9 Å². The molecule has 242 valence electrons. The Balaban J connectivity index is 1.29. The van der Waals surface area contributed by atoms with Crippen molar-refractivity contribution in [1.29, 1.82) is 0 Å². The molecule has 0 spiro atoms. The van der Waals surface area contributed by atoms with Crippen LogP contribution in [-0.2, 0) is 22.7 Å². The summed E-state index contributed by atoms with van der Waals surface area (Å²) in [7, 11) is 0. The third-order valence-corrected chi connectivity index (χ3v) is 7.77. The first-order valence-corrected chi connectivity index (χ1v) is 15.6. The lowest BCUT2D eigenvalue weighted by Crippen LogP contribution is -2.46. The molecule has 1 aliphatic rings. The minimum absolute atomic E-state index is 0.115. The Hall–Kier alpha value is -4.34. The molecule has 1 fully saturated rings. The molecule has 1 aromatic heterocycles. The minimum atomic E-state index is -1.22. The summed E-state index contributed by atoms with van der Waals surface area (Å²) in [6.45, 7) is 6.62. The van der Waals surface area contributed by atoms with Gasteiger partial charge in [0.1, 0.15) is 30.3 Å². The molecule has 10 heteroatoms. The van der Waals surface area contributed by atoms with Gasteiger partial charge in [-0.3, -0.25) is 4.79 Å². The van der Waals surface area contributed by atoms with Crippen LogP contribution in [0.4, 0.5) is 21.5 Å². The van der Waals surface area contributed by atoms with Crippen LogP contribution in [0.2, 0.25) is 5.02 Å². The van der Waals surface area contributed by atoms with Crippen LogP contribution in [0.15, 0.2) is 84.9 Å². The van der Waals surface area contributed by atoms with E-state index in [4.69, 9.17) is 25.8 Å². The number of aromatic nitrogens is 1. The van der Waals surface area contributed by atoms with Gasteiger partial charge in [-0.05, 0) is 62.9 Å². The van der Waals surface area contributed by atoms with Gasteiger partial charge in [0.15, 0.2) is 0 Å². The molecule has 46 heavy (non-hydrogen) atoms. The highest BCUT2D eigenvalue weighted by atomic mass is 35.5. The van der Waals surface area contributed by atoms with Crippen molar-refractivity contribution in [2.45, 2.75) is 64.4 Å². The van der Waals surface area contributed by atoms with Crippen LogP contribution in [0.1, 0.15) is 51.2 Å². The molecule has 1 saturated heterocycles. The average Bonchev–Trinajstić information content (AvgIpc) is 3.00. The zero-order chi connectivity index (χ0) is 32.7. The number of aliphatic hydroxyl groups is 1. The predicted octanol–water partition coefficient (Wildman–Crippen LogP) is 7.84. The quantitative estimate of drug-likeness (QED) is 0.159. The average molecular weight is 648 g/mol. The first kappa shape index (κ1) is 33.0. The molecule has 2 N–H and O–H groups in total. The van der Waals surface area contributed by atoms with E-state index >= 15 is 4.39 Å². The molecule has 5 rings (SSSR count). The molecule has 0 aliphatic carbocycles. The molecule has 2 heterocycles. The molecule has 8 nitrogen and oxygen atoms in total. The van der Waals surface area contributed by atoms with Gasteiger partial charge in [-0.15, -0.1) is 0 Å². The second-order valence-corrected chi connectivity index (χ2v) is 12.8. The molecule has 3 aromatic carbocycles. The number of hydrogen-bond acceptors (Lipinski definition) is 8. The van der Waals surface area contributed by atoms with E-state index in [9.17, 15) is 9.90 Å². The maximum atomic E-state index is 15.6. The van der Waals surface area contributed by atoms with E-state index in [1.807, 2.05) is 60.7 Å². The van der Waals surface area contributed by atoms with Gasteiger partial charge in [0.2, 0.25) is 11.8 Å². The number of halogens is 2. The lowest BCUT2D eigenvalue weighted by Gasteiger charge is -2.39. The second-order valence-electron chi connectivity index (χ2n) is 12.4. The molecule has 0 unspecified atom stereocenters. The molecular formula is C36H39ClFN3O5. The van der Waals surface area contributed by atoms with Crippen molar-refractivity contribution in [3.8, 4) is 11.8 Å². The van der Waals surface area contributed by atoms with Gasteiger partial charge >= 0.3 is 5.97 Å². The van der Waals surface area contributed by atoms with Crippen molar-refractivity contribution in [2.75, 3.05) is 23.3 Å². The van der Waals surface area contributed by atoms with Crippen molar-refractivity contribution in [3.63, 3.8) is 0 Å². The Kier molecular flexibility index (Phi) is 10.3. The summed E-state index contributed by atoms with van der Waals surface area (Å²) in [5.74, 6) is -0.306. The SMILES string of the molecule is CC(C)(C)OC(=O)CC1(O)CCN(c2c(F)cc(Nc3ccc(OCc4ccccc4)nc3OCc3ccccc3)cc2Cl)CC1. The third-order valence-electron chi connectivity index (χ3n) is 7.48. The van der Waals surface area contributed by atoms with Crippen LogP contribution in [0.25, 0.3) is 0 Å². The van der Waals surface area contributed by atoms with Crippen LogP contribution in [0.5, 0.6) is 11.8 Å². The molecule has 0 amide bonds. The fraction of sp³-hybridized carbons (Fsp3) is 0.333. The van der Waals surface area contributed by atoms with Gasteiger partial charge in [-0.1, -0.05) is 72.3 Å². The number of hydrogen-bond donors (Lipinski definition) is 2. The van der Waals surface area contributed by atoms with Gasteiger partial charge in [0.25, 0.3) is 0 Å². The smallest absolute Gasteiger partial charge is 0.309 e. The van der Waals surface area contributed by atoms with Gasteiger partial charge in [0.05, 0.1) is 22.7 Å². The fourth-order valence-corrected chi connectivity index (χ4v) is 5.56. The monoisotopic (exact) mass is 647 g/mol. The second kappa shape index (κ2) is 14.4. The van der Waals surface area contributed by atoms with Crippen LogP contribution in [0, 0.1) is 5.82 Å². The zero-order valence-corrected chi connectivity index (χ0v) is 27.0. The largest absolute Gasteiger partial charge is 0.473 e. The molecule has 0 radical (unpaired) electrons. The van der Waals surface area contributed by atoms with Crippen molar-refractivity contribution in [3.05, 3.63) is 107 Å². The normalized spacial score (nSPS) is 14.4. The molecule has 0 saturated carbocycles. The Morgan fingerprint density at radius 3 is 2.15 bits per heavy atom. The summed E-state index contributed by atoms with van der Waals surface area (Å²) < 4.78 is 33.0. The number of carbonyl (C=O) groups excluding carboxylic acids is 1. The number of nitrogens with zero attached hydrogens (tertiary/aromatic N) is 2. The number of benzene rings is 3. The van der Waals surface area contributed by atoms with Crippen LogP contribution < -0.4 is 19.7 Å². The van der Waals surface area contributed by atoms with Crippen molar-refractivity contribution in [1.82, 2.24) is 4.98 Å². The van der Waals surface area contributed by atoms with Gasteiger partial charge in [-0.25, -0.2) is 4.39 Å². The van der Waals surface area contributed by atoms with Crippen LogP contribution >= 0.6 is 11.6 Å². The maximum absolute atomic E-state index is 15.6. The summed E-state index contributed by atoms with van der Waals surface area (Å²) in [6.07, 6.45) is 0.430. The Morgan fingerprint density at radius 2 is 1.57 bits per heavy atom. The number of rotatable bonds is 11. The predicted molar refractivity (Wildman–Crippen MR) is 177 cm³/mol. The summed E-state index contributed by atoms with van der Waals surface area (Å²) >= 11 is 6.64. The van der Waals surface area contributed by atoms with Crippen molar-refractivity contribution >= 4 is 34.6 Å². The molecule has 0 atom stereocenters. The fourth-order valence-electron chi connectivity index (χ4n) is 5.23. The van der Waals surface area contributed by atoms with E-state index in [0.717, 1.165) is 11.1 Å². The van der Waals surface area contributed by atoms with E-state index < -0.39 is 23.0 Å². The minimum Gasteiger partial charge on any atom is -0.473 e. The van der Waals surface area contributed by atoms with Crippen LogP contribution in [-0.4, -0.2) is 40.4 Å². The Morgan fingerprint density at radius 1 is 0.957 bits per heavy atom. The number of esters is 1. The number of nitrogens with one attached hydrogen (secondary N) is 1. The number of anilines is 3. The van der Waals surface area contributed by atoms with Crippen molar-refractivity contribution in [2.24, 2.45) is 0 Å². The van der Waals surface area contributed by atoms with Crippen molar-refractivity contribution < 1.29 is 28.5 Å². The number of carbonyl (C=O) groups is 1. The standard InChI is InChI=1S/C36H39ClFN3O5/c1-35(2,3)46-32(42)22-36(43)16-18-41(19-17-36)33-28(37)20-27(21-29(33)38)39-30-14-15-31(44-23-25-10-6-4-7-11-25)40-34(30)45-24-26-12-8-5-9-13-26/h4-15,20-21,39,43H,16-19,22-24H2,1-3H3. The summed E-state index contributed by atoms with van der Waals surface area (Å²) in [4.78, 5) is 18.7. The summed E-state index contributed by atoms with van der Waals surface area (Å²) in [6, 6.07) is 26.0. The summed E-state index contributed by atoms with van der Waals surface area (Å²) in [5, 5.41) is 14.4. The van der Waals surface area contributed by atoms with Gasteiger partial charge in [-0.2, -0.15) is 4.98 Å². The molecule has 1 aliphatic heterocycles. The van der Waals surface area contributed by atoms with E-state index in [1.165, 1.54) is 6.07 Å². The maximum Gasteiger partial charge on any atom is 0.309 e. The van der Waals surface area contributed by atoms with Gasteiger partial charge in [0, 0.05) is 24.8 Å². The highest BCUT2D eigenvalue weighted by molar-refractivity contribution is 6.33. The van der Waals surface area contributed by atoms with E-state index in [0.29, 0.717) is 37.0 Å². The first-order valence-electron chi connectivity index (χ1n) is 15.3. The molecule has 0 bridgehead atoms. The summed E-state index contributed by atoms with van der Waals surface area (Å²) in [5.41, 5.74) is 1.28. The third kappa shape index (κ3) is 9.11. The number of piperidine rings is 1. The van der Waals surface area contributed by atoms with E-state index in [-0.39, 0.29) is 42.5 Å². The number of pyridine rings is 1. The van der Waals surface area contributed by atoms with Gasteiger partial charge < -0.3 is 29.5 Å². The highest BCUT2D eigenvalue weighted by Crippen LogP contribution is 2.38. The Bertz CT molecular complexity index is 1600.